The maximum atomic E-state index is 12.7. The topological polar surface area (TPSA) is 69.7 Å². The molecule has 1 aromatic rings. The molecule has 0 spiro atoms. The molecular weight excluding hydrogens is 320 g/mol. The summed E-state index contributed by atoms with van der Waals surface area (Å²) in [4.78, 5) is 36.8. The minimum atomic E-state index is -0.994. The molecule has 0 aromatic heterocycles. The standard InChI is InChI=1S/C20H26O5/c1-6-24-18(22)16(17(21)15-10-8-7-9-11-15)14(2)12-13-25-19(23)20(3,4)5/h7-14,16H,6H2,1-5H3/b13-12+. The number of carbonyl (C=O) groups excluding carboxylic acids is 3. The van der Waals surface area contributed by atoms with Gasteiger partial charge in [-0.2, -0.15) is 0 Å². The summed E-state index contributed by atoms with van der Waals surface area (Å²) in [5, 5.41) is 0. The molecule has 0 fully saturated rings. The van der Waals surface area contributed by atoms with Crippen LogP contribution in [0.25, 0.3) is 0 Å². The fourth-order valence-corrected chi connectivity index (χ4v) is 2.09. The van der Waals surface area contributed by atoms with Gasteiger partial charge in [0.2, 0.25) is 0 Å². The second kappa shape index (κ2) is 9.16. The highest BCUT2D eigenvalue weighted by Crippen LogP contribution is 2.22. The summed E-state index contributed by atoms with van der Waals surface area (Å²) in [6.45, 7) is 8.82. The number of benzene rings is 1. The summed E-state index contributed by atoms with van der Waals surface area (Å²) in [6, 6.07) is 8.59. The fraction of sp³-hybridized carbons (Fsp3) is 0.450. The zero-order valence-corrected chi connectivity index (χ0v) is 15.4. The van der Waals surface area contributed by atoms with E-state index in [1.807, 2.05) is 0 Å². The van der Waals surface area contributed by atoms with Crippen molar-refractivity contribution >= 4 is 17.7 Å². The Morgan fingerprint density at radius 2 is 1.72 bits per heavy atom. The van der Waals surface area contributed by atoms with Gasteiger partial charge in [-0.3, -0.25) is 14.4 Å². The van der Waals surface area contributed by atoms with Crippen molar-refractivity contribution in [3.05, 3.63) is 48.2 Å². The molecule has 0 heterocycles. The van der Waals surface area contributed by atoms with Gasteiger partial charge in [0.15, 0.2) is 5.78 Å². The number of allylic oxidation sites excluding steroid dienone is 1. The third kappa shape index (κ3) is 6.18. The van der Waals surface area contributed by atoms with Crippen molar-refractivity contribution in [2.75, 3.05) is 6.61 Å². The zero-order chi connectivity index (χ0) is 19.0. The monoisotopic (exact) mass is 346 g/mol. The van der Waals surface area contributed by atoms with Crippen LogP contribution in [0, 0.1) is 17.3 Å². The molecule has 2 atom stereocenters. The molecule has 0 aliphatic rings. The third-order valence-electron chi connectivity index (χ3n) is 3.58. The van der Waals surface area contributed by atoms with E-state index in [4.69, 9.17) is 9.47 Å². The first-order valence-corrected chi connectivity index (χ1v) is 8.32. The van der Waals surface area contributed by atoms with Gasteiger partial charge in [-0.25, -0.2) is 0 Å². The van der Waals surface area contributed by atoms with E-state index in [2.05, 4.69) is 0 Å². The Hall–Kier alpha value is -2.43. The summed E-state index contributed by atoms with van der Waals surface area (Å²) in [5.41, 5.74) is -0.193. The molecule has 0 N–H and O–H groups in total. The van der Waals surface area contributed by atoms with E-state index < -0.39 is 29.2 Å². The predicted octanol–water partition coefficient (Wildman–Crippen LogP) is 3.79. The molecule has 0 aliphatic heterocycles. The lowest BCUT2D eigenvalue weighted by molar-refractivity contribution is -0.147. The predicted molar refractivity (Wildman–Crippen MR) is 94.7 cm³/mol. The van der Waals surface area contributed by atoms with Crippen LogP contribution in [0.3, 0.4) is 0 Å². The van der Waals surface area contributed by atoms with Crippen molar-refractivity contribution in [1.29, 1.82) is 0 Å². The lowest BCUT2D eigenvalue weighted by Crippen LogP contribution is -2.31. The fourth-order valence-electron chi connectivity index (χ4n) is 2.09. The van der Waals surface area contributed by atoms with Crippen LogP contribution in [-0.4, -0.2) is 24.3 Å². The number of ketones is 1. The van der Waals surface area contributed by atoms with Gasteiger partial charge in [-0.15, -0.1) is 0 Å². The normalized spacial score (nSPS) is 14.0. The van der Waals surface area contributed by atoms with Crippen molar-refractivity contribution in [3.8, 4) is 0 Å². The number of carbonyl (C=O) groups is 3. The summed E-state index contributed by atoms with van der Waals surface area (Å²) in [6.07, 6.45) is 2.77. The van der Waals surface area contributed by atoms with Crippen LogP contribution in [0.2, 0.25) is 0 Å². The van der Waals surface area contributed by atoms with Crippen molar-refractivity contribution < 1.29 is 23.9 Å². The number of rotatable bonds is 7. The van der Waals surface area contributed by atoms with E-state index in [1.54, 1.807) is 65.0 Å². The summed E-state index contributed by atoms with van der Waals surface area (Å²) in [7, 11) is 0. The van der Waals surface area contributed by atoms with Crippen LogP contribution in [0.5, 0.6) is 0 Å². The second-order valence-electron chi connectivity index (χ2n) is 6.80. The Bertz CT molecular complexity index is 625. The van der Waals surface area contributed by atoms with E-state index in [0.29, 0.717) is 5.56 Å². The molecule has 0 amide bonds. The van der Waals surface area contributed by atoms with Crippen LogP contribution in [0.15, 0.2) is 42.7 Å². The molecule has 5 nitrogen and oxygen atoms in total. The highest BCUT2D eigenvalue weighted by Gasteiger charge is 2.33. The molecule has 5 heteroatoms. The number of hydrogen-bond donors (Lipinski definition) is 0. The Balaban J connectivity index is 2.94. The van der Waals surface area contributed by atoms with Gasteiger partial charge in [0.05, 0.1) is 18.3 Å². The molecule has 1 aromatic carbocycles. The van der Waals surface area contributed by atoms with Gasteiger partial charge in [-0.1, -0.05) is 37.3 Å². The minimum absolute atomic E-state index is 0.187. The Kier molecular flexibility index (Phi) is 7.55. The largest absolute Gasteiger partial charge is 0.465 e. The Labute approximate surface area is 149 Å². The molecule has 0 saturated carbocycles. The second-order valence-corrected chi connectivity index (χ2v) is 6.80. The van der Waals surface area contributed by atoms with Gasteiger partial charge in [0, 0.05) is 5.56 Å². The molecule has 0 bridgehead atoms. The van der Waals surface area contributed by atoms with Gasteiger partial charge in [0.25, 0.3) is 0 Å². The molecule has 0 aliphatic carbocycles. The summed E-state index contributed by atoms with van der Waals surface area (Å²) >= 11 is 0. The first-order chi connectivity index (χ1) is 11.7. The maximum Gasteiger partial charge on any atom is 0.317 e. The van der Waals surface area contributed by atoms with Crippen molar-refractivity contribution in [1.82, 2.24) is 0 Å². The van der Waals surface area contributed by atoms with E-state index in [0.717, 1.165) is 0 Å². The lowest BCUT2D eigenvalue weighted by Gasteiger charge is -2.19. The Morgan fingerprint density at radius 3 is 2.24 bits per heavy atom. The van der Waals surface area contributed by atoms with E-state index in [-0.39, 0.29) is 12.4 Å². The minimum Gasteiger partial charge on any atom is -0.465 e. The van der Waals surface area contributed by atoms with Crippen LogP contribution >= 0.6 is 0 Å². The first kappa shape index (κ1) is 20.6. The molecule has 25 heavy (non-hydrogen) atoms. The van der Waals surface area contributed by atoms with Crippen molar-refractivity contribution in [2.45, 2.75) is 34.6 Å². The zero-order valence-electron chi connectivity index (χ0n) is 15.4. The van der Waals surface area contributed by atoms with Crippen LogP contribution < -0.4 is 0 Å². The number of Topliss-reactive ketones (excluding diaryl/α,β-unsaturated/α-hetero) is 1. The van der Waals surface area contributed by atoms with Gasteiger partial charge < -0.3 is 9.47 Å². The van der Waals surface area contributed by atoms with Crippen LogP contribution in [-0.2, 0) is 19.1 Å². The molecular formula is C20H26O5. The molecule has 0 saturated heterocycles. The number of ether oxygens (including phenoxy) is 2. The maximum absolute atomic E-state index is 12.7. The van der Waals surface area contributed by atoms with E-state index >= 15 is 0 Å². The molecule has 2 unspecified atom stereocenters. The van der Waals surface area contributed by atoms with Gasteiger partial charge >= 0.3 is 11.9 Å². The highest BCUT2D eigenvalue weighted by molar-refractivity contribution is 6.09. The van der Waals surface area contributed by atoms with Crippen molar-refractivity contribution in [2.24, 2.45) is 17.3 Å². The Morgan fingerprint density at radius 1 is 1.12 bits per heavy atom. The first-order valence-electron chi connectivity index (χ1n) is 8.32. The lowest BCUT2D eigenvalue weighted by atomic mass is 9.86. The summed E-state index contributed by atoms with van der Waals surface area (Å²) < 4.78 is 10.1. The molecule has 136 valence electrons. The number of esters is 2. The quantitative estimate of drug-likeness (QED) is 0.325. The van der Waals surface area contributed by atoms with Crippen LogP contribution in [0.1, 0.15) is 45.0 Å². The SMILES string of the molecule is CCOC(=O)C(C(=O)c1ccccc1)C(C)/C=C/OC(=O)C(C)(C)C. The van der Waals surface area contributed by atoms with Crippen LogP contribution in [0.4, 0.5) is 0 Å². The van der Waals surface area contributed by atoms with Gasteiger partial charge in [-0.05, 0) is 39.7 Å². The third-order valence-corrected chi connectivity index (χ3v) is 3.58. The molecule has 1 rings (SSSR count). The average Bonchev–Trinajstić information content (AvgIpc) is 2.55. The van der Waals surface area contributed by atoms with E-state index in [1.165, 1.54) is 12.3 Å². The molecule has 0 radical (unpaired) electrons. The number of hydrogen-bond acceptors (Lipinski definition) is 5. The van der Waals surface area contributed by atoms with Crippen molar-refractivity contribution in [3.63, 3.8) is 0 Å². The smallest absolute Gasteiger partial charge is 0.317 e. The highest BCUT2D eigenvalue weighted by atomic mass is 16.5. The average molecular weight is 346 g/mol. The van der Waals surface area contributed by atoms with E-state index in [9.17, 15) is 14.4 Å². The summed E-state index contributed by atoms with van der Waals surface area (Å²) in [5.74, 6) is -2.78. The van der Waals surface area contributed by atoms with Gasteiger partial charge in [0.1, 0.15) is 5.92 Å².